The monoisotopic (exact) mass is 295 g/mol. The minimum atomic E-state index is -0.274. The maximum absolute atomic E-state index is 12.1. The molecule has 1 amide bonds. The Bertz CT molecular complexity index is 788. The fraction of sp³-hybridized carbons (Fsp3) is 0.200. The summed E-state index contributed by atoms with van der Waals surface area (Å²) in [4.78, 5) is 16.0. The molecule has 4 rings (SSSR count). The summed E-state index contributed by atoms with van der Waals surface area (Å²) in [5.74, 6) is 0.965. The second-order valence-corrected chi connectivity index (χ2v) is 5.23. The topological polar surface area (TPSA) is 85.8 Å². The van der Waals surface area contributed by atoms with Crippen LogP contribution < -0.4 is 5.32 Å². The Balaban J connectivity index is 1.46. The van der Waals surface area contributed by atoms with E-state index < -0.39 is 0 Å². The largest absolute Gasteiger partial charge is 0.360 e. The van der Waals surface area contributed by atoms with Crippen LogP contribution in [0.5, 0.6) is 0 Å². The average molecular weight is 295 g/mol. The number of nitrogens with one attached hydrogen (secondary N) is 1. The van der Waals surface area contributed by atoms with E-state index in [0.29, 0.717) is 17.3 Å². The zero-order chi connectivity index (χ0) is 14.9. The van der Waals surface area contributed by atoms with Crippen molar-refractivity contribution in [2.24, 2.45) is 0 Å². The van der Waals surface area contributed by atoms with Crippen molar-refractivity contribution in [1.82, 2.24) is 19.9 Å². The van der Waals surface area contributed by atoms with Crippen molar-refractivity contribution in [1.29, 1.82) is 0 Å². The Kier molecular flexibility index (Phi) is 2.96. The number of amides is 1. The lowest BCUT2D eigenvalue weighted by Crippen LogP contribution is -2.12. The molecule has 0 unspecified atom stereocenters. The highest BCUT2D eigenvalue weighted by molar-refractivity contribution is 6.02. The summed E-state index contributed by atoms with van der Waals surface area (Å²) in [5.41, 5.74) is 1.86. The van der Waals surface area contributed by atoms with Gasteiger partial charge in [0.25, 0.3) is 5.91 Å². The predicted octanol–water partition coefficient (Wildman–Crippen LogP) is 2.39. The van der Waals surface area contributed by atoms with E-state index in [0.717, 1.165) is 24.3 Å². The summed E-state index contributed by atoms with van der Waals surface area (Å²) >= 11 is 0. The molecule has 3 aromatic rings. The normalized spacial score (nSPS) is 14.0. The molecule has 1 fully saturated rings. The SMILES string of the molecule is O=C(Nc1ccc(-n2cncn2)cc1)c1cc(C2CC2)on1. The molecular formula is C15H13N5O2. The highest BCUT2D eigenvalue weighted by Crippen LogP contribution is 2.40. The number of benzene rings is 1. The Hall–Kier alpha value is -2.96. The molecule has 2 aromatic heterocycles. The third-order valence-corrected chi connectivity index (χ3v) is 3.55. The number of hydrogen-bond donors (Lipinski definition) is 1. The van der Waals surface area contributed by atoms with E-state index in [1.165, 1.54) is 6.33 Å². The van der Waals surface area contributed by atoms with E-state index >= 15 is 0 Å². The zero-order valence-corrected chi connectivity index (χ0v) is 11.6. The molecule has 0 spiro atoms. The van der Waals surface area contributed by atoms with E-state index in [-0.39, 0.29) is 5.91 Å². The molecule has 7 nitrogen and oxygen atoms in total. The summed E-state index contributed by atoms with van der Waals surface area (Å²) in [5, 5.41) is 10.7. The molecule has 110 valence electrons. The molecule has 1 N–H and O–H groups in total. The van der Waals surface area contributed by atoms with Gasteiger partial charge in [0, 0.05) is 17.7 Å². The minimum Gasteiger partial charge on any atom is -0.360 e. The van der Waals surface area contributed by atoms with Crippen molar-refractivity contribution in [3.63, 3.8) is 0 Å². The van der Waals surface area contributed by atoms with Crippen molar-refractivity contribution in [2.45, 2.75) is 18.8 Å². The van der Waals surface area contributed by atoms with Gasteiger partial charge in [0.1, 0.15) is 18.4 Å². The van der Waals surface area contributed by atoms with Gasteiger partial charge in [-0.25, -0.2) is 9.67 Å². The van der Waals surface area contributed by atoms with Crippen molar-refractivity contribution < 1.29 is 9.32 Å². The Morgan fingerprint density at radius 3 is 2.77 bits per heavy atom. The lowest BCUT2D eigenvalue weighted by Gasteiger charge is -2.04. The Labute approximate surface area is 126 Å². The second kappa shape index (κ2) is 5.10. The number of carbonyl (C=O) groups excluding carboxylic acids is 1. The summed E-state index contributed by atoms with van der Waals surface area (Å²) in [6.07, 6.45) is 5.31. The van der Waals surface area contributed by atoms with Crippen LogP contribution in [0.25, 0.3) is 5.69 Å². The van der Waals surface area contributed by atoms with Gasteiger partial charge in [-0.15, -0.1) is 0 Å². The van der Waals surface area contributed by atoms with Crippen molar-refractivity contribution >= 4 is 11.6 Å². The Morgan fingerprint density at radius 2 is 2.09 bits per heavy atom. The van der Waals surface area contributed by atoms with E-state index in [1.54, 1.807) is 29.2 Å². The van der Waals surface area contributed by atoms with Gasteiger partial charge in [0.05, 0.1) is 5.69 Å². The first-order valence-corrected chi connectivity index (χ1v) is 7.02. The van der Waals surface area contributed by atoms with Gasteiger partial charge in [-0.2, -0.15) is 5.10 Å². The van der Waals surface area contributed by atoms with Crippen LogP contribution in [0.15, 0.2) is 47.5 Å². The van der Waals surface area contributed by atoms with Crippen LogP contribution in [0.2, 0.25) is 0 Å². The molecule has 7 heteroatoms. The maximum atomic E-state index is 12.1. The van der Waals surface area contributed by atoms with Gasteiger partial charge in [-0.3, -0.25) is 4.79 Å². The van der Waals surface area contributed by atoms with Gasteiger partial charge >= 0.3 is 0 Å². The van der Waals surface area contributed by atoms with Gasteiger partial charge in [0.2, 0.25) is 0 Å². The molecule has 1 aromatic carbocycles. The fourth-order valence-corrected chi connectivity index (χ4v) is 2.19. The second-order valence-electron chi connectivity index (χ2n) is 5.23. The first-order chi connectivity index (χ1) is 10.8. The first kappa shape index (κ1) is 12.8. The van der Waals surface area contributed by atoms with Crippen LogP contribution in [-0.4, -0.2) is 25.8 Å². The summed E-state index contributed by atoms with van der Waals surface area (Å²) in [6, 6.07) is 9.02. The third kappa shape index (κ3) is 2.48. The smallest absolute Gasteiger partial charge is 0.277 e. The fourth-order valence-electron chi connectivity index (χ4n) is 2.19. The van der Waals surface area contributed by atoms with Crippen molar-refractivity contribution in [3.05, 3.63) is 54.4 Å². The molecule has 22 heavy (non-hydrogen) atoms. The van der Waals surface area contributed by atoms with Crippen molar-refractivity contribution in [2.75, 3.05) is 5.32 Å². The number of aromatic nitrogens is 4. The molecular weight excluding hydrogens is 282 g/mol. The van der Waals surface area contributed by atoms with Crippen LogP contribution in [-0.2, 0) is 0 Å². The zero-order valence-electron chi connectivity index (χ0n) is 11.6. The molecule has 0 radical (unpaired) electrons. The van der Waals surface area contributed by atoms with Gasteiger partial charge < -0.3 is 9.84 Å². The van der Waals surface area contributed by atoms with E-state index in [1.807, 2.05) is 12.1 Å². The summed E-state index contributed by atoms with van der Waals surface area (Å²) in [7, 11) is 0. The average Bonchev–Trinajstić information content (AvgIpc) is 3.05. The van der Waals surface area contributed by atoms with Gasteiger partial charge in [0.15, 0.2) is 5.69 Å². The molecule has 0 atom stereocenters. The number of hydrogen-bond acceptors (Lipinski definition) is 5. The van der Waals surface area contributed by atoms with Crippen LogP contribution in [0.4, 0.5) is 5.69 Å². The third-order valence-electron chi connectivity index (χ3n) is 3.55. The van der Waals surface area contributed by atoms with E-state index in [9.17, 15) is 4.79 Å². The number of nitrogens with zero attached hydrogens (tertiary/aromatic N) is 4. The van der Waals surface area contributed by atoms with Crippen LogP contribution in [0.3, 0.4) is 0 Å². The number of carbonyl (C=O) groups is 1. The molecule has 0 aliphatic heterocycles. The molecule has 1 aliphatic rings. The lowest BCUT2D eigenvalue weighted by atomic mass is 10.2. The highest BCUT2D eigenvalue weighted by Gasteiger charge is 2.28. The lowest BCUT2D eigenvalue weighted by molar-refractivity contribution is 0.101. The van der Waals surface area contributed by atoms with Gasteiger partial charge in [-0.05, 0) is 37.1 Å². The van der Waals surface area contributed by atoms with E-state index in [2.05, 4.69) is 20.6 Å². The van der Waals surface area contributed by atoms with Crippen LogP contribution in [0.1, 0.15) is 35.0 Å². The standard InChI is InChI=1S/C15H13N5O2/c21-15(13-7-14(22-19-13)10-1-2-10)18-11-3-5-12(6-4-11)20-9-16-8-17-20/h3-10H,1-2H2,(H,18,21). The first-order valence-electron chi connectivity index (χ1n) is 7.02. The summed E-state index contributed by atoms with van der Waals surface area (Å²) < 4.78 is 6.83. The molecule has 2 heterocycles. The molecule has 1 aliphatic carbocycles. The summed E-state index contributed by atoms with van der Waals surface area (Å²) in [6.45, 7) is 0. The predicted molar refractivity (Wildman–Crippen MR) is 77.8 cm³/mol. The highest BCUT2D eigenvalue weighted by atomic mass is 16.5. The quantitative estimate of drug-likeness (QED) is 0.798. The maximum Gasteiger partial charge on any atom is 0.277 e. The molecule has 0 bridgehead atoms. The molecule has 0 saturated heterocycles. The number of rotatable bonds is 4. The van der Waals surface area contributed by atoms with Crippen LogP contribution >= 0.6 is 0 Å². The van der Waals surface area contributed by atoms with E-state index in [4.69, 9.17) is 4.52 Å². The van der Waals surface area contributed by atoms with Gasteiger partial charge in [-0.1, -0.05) is 5.16 Å². The minimum absolute atomic E-state index is 0.274. The van der Waals surface area contributed by atoms with Crippen molar-refractivity contribution in [3.8, 4) is 5.69 Å². The Morgan fingerprint density at radius 1 is 1.27 bits per heavy atom. The number of anilines is 1. The van der Waals surface area contributed by atoms with Crippen LogP contribution in [0, 0.1) is 0 Å². The molecule has 1 saturated carbocycles.